The smallest absolute Gasteiger partial charge is 0.303 e. The molecule has 8 nitrogen and oxygen atoms in total. The standard InChI is InChI=1S/C16H26O8/c1-9(17)20-8-13-15(22-11(3)19)12(21-10(2)18)7-14(23-13)24-16(4,5)6/h12-15H,7-8H2,1-6H3/t12-,13-,14-,15-/m1/s1. The minimum Gasteiger partial charge on any atom is -0.463 e. The van der Waals surface area contributed by atoms with Gasteiger partial charge in [-0.2, -0.15) is 0 Å². The third-order valence-corrected chi connectivity index (χ3v) is 3.04. The Balaban J connectivity index is 2.97. The zero-order chi connectivity index (χ0) is 18.5. The molecule has 0 aromatic heterocycles. The fraction of sp³-hybridized carbons (Fsp3) is 0.812. The van der Waals surface area contributed by atoms with E-state index >= 15 is 0 Å². The average molecular weight is 346 g/mol. The fourth-order valence-electron chi connectivity index (χ4n) is 2.37. The topological polar surface area (TPSA) is 97.4 Å². The molecule has 1 rings (SSSR count). The molecule has 1 heterocycles. The summed E-state index contributed by atoms with van der Waals surface area (Å²) in [6.07, 6.45) is -2.94. The van der Waals surface area contributed by atoms with Crippen molar-refractivity contribution in [1.29, 1.82) is 0 Å². The molecule has 0 amide bonds. The Hall–Kier alpha value is -1.67. The van der Waals surface area contributed by atoms with Crippen molar-refractivity contribution < 1.29 is 38.1 Å². The maximum atomic E-state index is 11.4. The predicted octanol–water partition coefficient (Wildman–Crippen LogP) is 1.34. The molecular formula is C16H26O8. The fourth-order valence-corrected chi connectivity index (χ4v) is 2.37. The minimum atomic E-state index is -0.884. The van der Waals surface area contributed by atoms with E-state index in [1.807, 2.05) is 20.8 Å². The van der Waals surface area contributed by atoms with Crippen LogP contribution in [0.5, 0.6) is 0 Å². The molecule has 0 aliphatic carbocycles. The molecule has 138 valence electrons. The lowest BCUT2D eigenvalue weighted by atomic mass is 10.0. The number of rotatable bonds is 5. The van der Waals surface area contributed by atoms with E-state index in [1.165, 1.54) is 20.8 Å². The van der Waals surface area contributed by atoms with Gasteiger partial charge in [-0.3, -0.25) is 14.4 Å². The van der Waals surface area contributed by atoms with Gasteiger partial charge in [-0.1, -0.05) is 0 Å². The molecule has 0 radical (unpaired) electrons. The lowest BCUT2D eigenvalue weighted by Gasteiger charge is -2.41. The summed E-state index contributed by atoms with van der Waals surface area (Å²) < 4.78 is 27.0. The molecule has 1 saturated heterocycles. The van der Waals surface area contributed by atoms with Gasteiger partial charge < -0.3 is 23.7 Å². The van der Waals surface area contributed by atoms with Gasteiger partial charge in [-0.05, 0) is 20.8 Å². The van der Waals surface area contributed by atoms with Crippen molar-refractivity contribution in [2.75, 3.05) is 6.61 Å². The lowest BCUT2D eigenvalue weighted by Crippen LogP contribution is -2.55. The number of carbonyl (C=O) groups is 3. The largest absolute Gasteiger partial charge is 0.463 e. The van der Waals surface area contributed by atoms with Crippen LogP contribution in [0.4, 0.5) is 0 Å². The van der Waals surface area contributed by atoms with E-state index in [0.29, 0.717) is 0 Å². The molecular weight excluding hydrogens is 320 g/mol. The summed E-state index contributed by atoms with van der Waals surface area (Å²) in [4.78, 5) is 33.8. The Kier molecular flexibility index (Phi) is 7.16. The van der Waals surface area contributed by atoms with Gasteiger partial charge in [0.15, 0.2) is 12.4 Å². The molecule has 0 unspecified atom stereocenters. The van der Waals surface area contributed by atoms with Crippen LogP contribution in [0, 0.1) is 0 Å². The Bertz CT molecular complexity index is 467. The van der Waals surface area contributed by atoms with Gasteiger partial charge in [0.05, 0.1) is 5.60 Å². The minimum absolute atomic E-state index is 0.144. The van der Waals surface area contributed by atoms with Crippen molar-refractivity contribution in [3.63, 3.8) is 0 Å². The highest BCUT2D eigenvalue weighted by Gasteiger charge is 2.44. The molecule has 0 aromatic rings. The van der Waals surface area contributed by atoms with E-state index < -0.39 is 48.1 Å². The van der Waals surface area contributed by atoms with E-state index in [9.17, 15) is 14.4 Å². The zero-order valence-corrected chi connectivity index (χ0v) is 15.0. The first-order valence-electron chi connectivity index (χ1n) is 7.79. The van der Waals surface area contributed by atoms with Crippen LogP contribution in [0.3, 0.4) is 0 Å². The molecule has 24 heavy (non-hydrogen) atoms. The summed E-state index contributed by atoms with van der Waals surface area (Å²) in [6.45, 7) is 9.20. The van der Waals surface area contributed by atoms with Gasteiger partial charge in [-0.15, -0.1) is 0 Å². The van der Waals surface area contributed by atoms with Crippen molar-refractivity contribution >= 4 is 17.9 Å². The first-order valence-corrected chi connectivity index (χ1v) is 7.79. The van der Waals surface area contributed by atoms with Crippen LogP contribution < -0.4 is 0 Å². The second-order valence-electron chi connectivity index (χ2n) is 6.59. The van der Waals surface area contributed by atoms with E-state index in [2.05, 4.69) is 0 Å². The molecule has 4 atom stereocenters. The van der Waals surface area contributed by atoms with Gasteiger partial charge in [0.1, 0.15) is 18.8 Å². The summed E-state index contributed by atoms with van der Waals surface area (Å²) in [5.41, 5.74) is -0.494. The molecule has 1 fully saturated rings. The van der Waals surface area contributed by atoms with Crippen molar-refractivity contribution in [1.82, 2.24) is 0 Å². The Labute approximate surface area is 141 Å². The summed E-state index contributed by atoms with van der Waals surface area (Å²) >= 11 is 0. The number of hydrogen-bond acceptors (Lipinski definition) is 8. The van der Waals surface area contributed by atoms with Crippen LogP contribution in [0.1, 0.15) is 48.0 Å². The highest BCUT2D eigenvalue weighted by molar-refractivity contribution is 5.67. The summed E-state index contributed by atoms with van der Waals surface area (Å²) in [6, 6.07) is 0. The Morgan fingerprint density at radius 3 is 2.04 bits per heavy atom. The number of carbonyl (C=O) groups excluding carboxylic acids is 3. The van der Waals surface area contributed by atoms with Crippen LogP contribution in [0.25, 0.3) is 0 Å². The molecule has 0 spiro atoms. The highest BCUT2D eigenvalue weighted by atomic mass is 16.7. The molecule has 8 heteroatoms. The van der Waals surface area contributed by atoms with Gasteiger partial charge in [0.2, 0.25) is 0 Å². The molecule has 1 aliphatic rings. The van der Waals surface area contributed by atoms with Gasteiger partial charge in [-0.25, -0.2) is 0 Å². The maximum Gasteiger partial charge on any atom is 0.303 e. The van der Waals surface area contributed by atoms with Crippen LogP contribution in [-0.2, 0) is 38.1 Å². The number of esters is 3. The van der Waals surface area contributed by atoms with E-state index in [0.717, 1.165) is 0 Å². The SMILES string of the molecule is CC(=O)OC[C@H]1O[C@H](OC(C)(C)C)C[C@@H](OC(C)=O)[C@H]1OC(C)=O. The summed E-state index contributed by atoms with van der Waals surface area (Å²) in [5, 5.41) is 0. The van der Waals surface area contributed by atoms with Gasteiger partial charge in [0, 0.05) is 27.2 Å². The quantitative estimate of drug-likeness (QED) is 0.543. The Morgan fingerprint density at radius 2 is 1.58 bits per heavy atom. The van der Waals surface area contributed by atoms with Crippen molar-refractivity contribution in [2.45, 2.75) is 78.2 Å². The van der Waals surface area contributed by atoms with Crippen molar-refractivity contribution in [3.8, 4) is 0 Å². The predicted molar refractivity (Wildman–Crippen MR) is 81.9 cm³/mol. The summed E-state index contributed by atoms with van der Waals surface area (Å²) in [5.74, 6) is -1.56. The number of ether oxygens (including phenoxy) is 5. The van der Waals surface area contributed by atoms with Crippen molar-refractivity contribution in [3.05, 3.63) is 0 Å². The van der Waals surface area contributed by atoms with E-state index in [-0.39, 0.29) is 13.0 Å². The van der Waals surface area contributed by atoms with Crippen LogP contribution in [-0.4, -0.2) is 54.7 Å². The Morgan fingerprint density at radius 1 is 1.00 bits per heavy atom. The van der Waals surface area contributed by atoms with Crippen LogP contribution in [0.15, 0.2) is 0 Å². The monoisotopic (exact) mass is 346 g/mol. The molecule has 0 bridgehead atoms. The van der Waals surface area contributed by atoms with Crippen molar-refractivity contribution in [2.24, 2.45) is 0 Å². The highest BCUT2D eigenvalue weighted by Crippen LogP contribution is 2.29. The third kappa shape index (κ3) is 7.27. The van der Waals surface area contributed by atoms with Crippen LogP contribution >= 0.6 is 0 Å². The first-order chi connectivity index (χ1) is 11.0. The van der Waals surface area contributed by atoms with E-state index in [4.69, 9.17) is 23.7 Å². The van der Waals surface area contributed by atoms with Gasteiger partial charge >= 0.3 is 17.9 Å². The second-order valence-corrected chi connectivity index (χ2v) is 6.59. The number of hydrogen-bond donors (Lipinski definition) is 0. The summed E-state index contributed by atoms with van der Waals surface area (Å²) in [7, 11) is 0. The van der Waals surface area contributed by atoms with Crippen LogP contribution in [0.2, 0.25) is 0 Å². The molecule has 0 aromatic carbocycles. The average Bonchev–Trinajstić information content (AvgIpc) is 2.36. The normalized spacial score (nSPS) is 27.2. The zero-order valence-electron chi connectivity index (χ0n) is 15.0. The first kappa shape index (κ1) is 20.4. The van der Waals surface area contributed by atoms with Gasteiger partial charge in [0.25, 0.3) is 0 Å². The van der Waals surface area contributed by atoms with E-state index in [1.54, 1.807) is 0 Å². The molecule has 1 aliphatic heterocycles. The maximum absolute atomic E-state index is 11.4. The second kappa shape index (κ2) is 8.43. The molecule has 0 saturated carbocycles. The third-order valence-electron chi connectivity index (χ3n) is 3.04. The lowest BCUT2D eigenvalue weighted by molar-refractivity contribution is -0.286. The molecule has 0 N–H and O–H groups in total.